The topological polar surface area (TPSA) is 95.9 Å². The van der Waals surface area contributed by atoms with Crippen LogP contribution in [-0.4, -0.2) is 47.4 Å². The van der Waals surface area contributed by atoms with Gasteiger partial charge in [-0.2, -0.15) is 0 Å². The smallest absolute Gasteiger partial charge is 0.305 e. The first-order valence-corrected chi connectivity index (χ1v) is 30.6. The summed E-state index contributed by atoms with van der Waals surface area (Å²) in [5.41, 5.74) is 0. The number of aliphatic hydroxyl groups is 2. The van der Waals surface area contributed by atoms with E-state index in [1.807, 2.05) is 0 Å². The number of carbonyl (C=O) groups excluding carboxylic acids is 2. The van der Waals surface area contributed by atoms with Crippen LogP contribution in [0.1, 0.15) is 335 Å². The van der Waals surface area contributed by atoms with E-state index in [0.717, 1.165) is 51.4 Å². The lowest BCUT2D eigenvalue weighted by atomic mass is 10.0. The van der Waals surface area contributed by atoms with Gasteiger partial charge in [-0.1, -0.05) is 295 Å². The quantitative estimate of drug-likeness (QED) is 0.0321. The summed E-state index contributed by atoms with van der Waals surface area (Å²) in [5.74, 6) is -0.0382. The first kappa shape index (κ1) is 66.3. The van der Waals surface area contributed by atoms with E-state index >= 15 is 0 Å². The van der Waals surface area contributed by atoms with Gasteiger partial charge in [-0.05, 0) is 51.4 Å². The van der Waals surface area contributed by atoms with Crippen LogP contribution in [0.25, 0.3) is 0 Å². The van der Waals surface area contributed by atoms with Crippen LogP contribution in [0.5, 0.6) is 0 Å². The average Bonchev–Trinajstić information content (AvgIpc) is 3.34. The number of unbranched alkanes of at least 4 members (excludes halogenated alkanes) is 42. The van der Waals surface area contributed by atoms with Crippen LogP contribution < -0.4 is 5.32 Å². The van der Waals surface area contributed by atoms with Crippen molar-refractivity contribution in [2.24, 2.45) is 0 Å². The number of allylic oxidation sites excluding steroid dienone is 4. The Kier molecular flexibility index (Phi) is 56.5. The summed E-state index contributed by atoms with van der Waals surface area (Å²) in [5, 5.41) is 23.3. The Bertz CT molecular complexity index is 1060. The molecule has 6 nitrogen and oxygen atoms in total. The van der Waals surface area contributed by atoms with Crippen LogP contribution in [-0.2, 0) is 14.3 Å². The Morgan fingerprint density at radius 2 is 0.750 bits per heavy atom. The summed E-state index contributed by atoms with van der Waals surface area (Å²) < 4.78 is 5.47. The minimum Gasteiger partial charge on any atom is -0.466 e. The maximum atomic E-state index is 12.5. The standard InChI is InChI=1S/C62H119NO5/c1-3-5-7-9-11-13-15-17-19-24-27-30-34-38-42-46-50-54-60(65)59(58-64)63-61(66)55-51-47-43-39-35-31-28-25-22-20-21-23-26-29-33-37-41-45-49-53-57-68-62(67)56-52-48-44-40-36-32-18-16-14-12-10-8-6-4-2/h10,12,16,18,59-60,64-65H,3-9,11,13-15,17,19-58H2,1-2H3,(H,63,66)/b12-10-,18-16-. The number of ether oxygens (including phenoxy) is 1. The number of hydrogen-bond donors (Lipinski definition) is 3. The third-order valence-corrected chi connectivity index (χ3v) is 14.3. The van der Waals surface area contributed by atoms with E-state index in [1.165, 1.54) is 250 Å². The first-order chi connectivity index (χ1) is 33.5. The van der Waals surface area contributed by atoms with Crippen LogP contribution in [0.3, 0.4) is 0 Å². The molecule has 1 amide bonds. The number of carbonyl (C=O) groups is 2. The normalized spacial score (nSPS) is 12.7. The van der Waals surface area contributed by atoms with Crippen molar-refractivity contribution in [3.8, 4) is 0 Å². The van der Waals surface area contributed by atoms with Crippen LogP contribution in [0.2, 0.25) is 0 Å². The summed E-state index contributed by atoms with van der Waals surface area (Å²) in [4.78, 5) is 24.5. The van der Waals surface area contributed by atoms with Gasteiger partial charge < -0.3 is 20.3 Å². The minimum absolute atomic E-state index is 0.00357. The lowest BCUT2D eigenvalue weighted by Gasteiger charge is -2.22. The molecule has 0 saturated heterocycles. The number of hydrogen-bond acceptors (Lipinski definition) is 5. The van der Waals surface area contributed by atoms with Crippen molar-refractivity contribution in [2.45, 2.75) is 347 Å². The van der Waals surface area contributed by atoms with Gasteiger partial charge in [0.05, 0.1) is 25.4 Å². The monoisotopic (exact) mass is 958 g/mol. The highest BCUT2D eigenvalue weighted by Gasteiger charge is 2.20. The van der Waals surface area contributed by atoms with Gasteiger partial charge in [0.15, 0.2) is 0 Å². The molecule has 402 valence electrons. The zero-order chi connectivity index (χ0) is 49.3. The summed E-state index contributed by atoms with van der Waals surface area (Å²) in [7, 11) is 0. The second-order valence-electron chi connectivity index (χ2n) is 21.0. The van der Waals surface area contributed by atoms with E-state index in [9.17, 15) is 19.8 Å². The van der Waals surface area contributed by atoms with Gasteiger partial charge in [0, 0.05) is 12.8 Å². The molecule has 2 unspecified atom stereocenters. The summed E-state index contributed by atoms with van der Waals surface area (Å²) in [6.07, 6.45) is 70.3. The SMILES string of the molecule is CCCC/C=C\C/C=C\CCCCCCCC(=O)OCCCCCCCCCCCCCCCCCCCCCCC(=O)NC(CO)C(O)CCCCCCCCCCCCCCCCCCC. The molecular formula is C62H119NO5. The van der Waals surface area contributed by atoms with Crippen LogP contribution in [0, 0.1) is 0 Å². The fourth-order valence-electron chi connectivity index (χ4n) is 9.54. The molecular weight excluding hydrogens is 839 g/mol. The van der Waals surface area contributed by atoms with E-state index in [1.54, 1.807) is 0 Å². The highest BCUT2D eigenvalue weighted by Crippen LogP contribution is 2.18. The van der Waals surface area contributed by atoms with Crippen LogP contribution in [0.4, 0.5) is 0 Å². The van der Waals surface area contributed by atoms with Gasteiger partial charge in [0.25, 0.3) is 0 Å². The van der Waals surface area contributed by atoms with Crippen LogP contribution in [0.15, 0.2) is 24.3 Å². The highest BCUT2D eigenvalue weighted by atomic mass is 16.5. The van der Waals surface area contributed by atoms with Crippen molar-refractivity contribution < 1.29 is 24.5 Å². The first-order valence-electron chi connectivity index (χ1n) is 30.6. The maximum absolute atomic E-state index is 12.5. The Morgan fingerprint density at radius 1 is 0.412 bits per heavy atom. The highest BCUT2D eigenvalue weighted by molar-refractivity contribution is 5.76. The van der Waals surface area contributed by atoms with E-state index < -0.39 is 12.1 Å². The van der Waals surface area contributed by atoms with Crippen molar-refractivity contribution >= 4 is 11.9 Å². The van der Waals surface area contributed by atoms with Crippen molar-refractivity contribution in [3.05, 3.63) is 24.3 Å². The largest absolute Gasteiger partial charge is 0.466 e. The number of aliphatic hydroxyl groups excluding tert-OH is 2. The molecule has 0 aromatic rings. The number of amides is 1. The second-order valence-corrected chi connectivity index (χ2v) is 21.0. The molecule has 6 heteroatoms. The molecule has 0 aliphatic heterocycles. The van der Waals surface area contributed by atoms with Gasteiger partial charge in [0.2, 0.25) is 5.91 Å². The Morgan fingerprint density at radius 3 is 1.16 bits per heavy atom. The van der Waals surface area contributed by atoms with E-state index in [-0.39, 0.29) is 18.5 Å². The molecule has 0 spiro atoms. The average molecular weight is 959 g/mol. The third-order valence-electron chi connectivity index (χ3n) is 14.3. The molecule has 0 radical (unpaired) electrons. The molecule has 0 aliphatic rings. The van der Waals surface area contributed by atoms with Crippen molar-refractivity contribution in [1.29, 1.82) is 0 Å². The zero-order valence-corrected chi connectivity index (χ0v) is 45.9. The van der Waals surface area contributed by atoms with Crippen molar-refractivity contribution in [1.82, 2.24) is 5.32 Å². The lowest BCUT2D eigenvalue weighted by Crippen LogP contribution is -2.45. The van der Waals surface area contributed by atoms with Gasteiger partial charge in [-0.3, -0.25) is 9.59 Å². The molecule has 0 saturated carbocycles. The second kappa shape index (κ2) is 57.9. The lowest BCUT2D eigenvalue weighted by molar-refractivity contribution is -0.143. The minimum atomic E-state index is -0.666. The Balaban J connectivity index is 3.40. The number of rotatable bonds is 57. The van der Waals surface area contributed by atoms with Gasteiger partial charge in [-0.25, -0.2) is 0 Å². The third kappa shape index (κ3) is 53.7. The Labute approximate surface area is 424 Å². The summed E-state index contributed by atoms with van der Waals surface area (Å²) in [6.45, 7) is 4.92. The molecule has 0 aliphatic carbocycles. The maximum Gasteiger partial charge on any atom is 0.305 e. The molecule has 0 bridgehead atoms. The zero-order valence-electron chi connectivity index (χ0n) is 45.9. The summed E-state index contributed by atoms with van der Waals surface area (Å²) >= 11 is 0. The van der Waals surface area contributed by atoms with Crippen LogP contribution >= 0.6 is 0 Å². The van der Waals surface area contributed by atoms with E-state index in [2.05, 4.69) is 43.5 Å². The predicted molar refractivity (Wildman–Crippen MR) is 296 cm³/mol. The fourth-order valence-corrected chi connectivity index (χ4v) is 9.54. The molecule has 0 rings (SSSR count). The number of esters is 1. The van der Waals surface area contributed by atoms with Crippen molar-refractivity contribution in [3.63, 3.8) is 0 Å². The Hall–Kier alpha value is -1.66. The van der Waals surface area contributed by atoms with Gasteiger partial charge >= 0.3 is 5.97 Å². The number of nitrogens with one attached hydrogen (secondary N) is 1. The molecule has 0 fully saturated rings. The molecule has 0 aromatic heterocycles. The van der Waals surface area contributed by atoms with E-state index in [4.69, 9.17) is 4.74 Å². The fraction of sp³-hybridized carbons (Fsp3) is 0.903. The van der Waals surface area contributed by atoms with Crippen molar-refractivity contribution in [2.75, 3.05) is 13.2 Å². The molecule has 0 aromatic carbocycles. The van der Waals surface area contributed by atoms with E-state index in [0.29, 0.717) is 25.9 Å². The summed E-state index contributed by atoms with van der Waals surface area (Å²) in [6, 6.07) is -0.543. The molecule has 0 heterocycles. The molecule has 68 heavy (non-hydrogen) atoms. The molecule has 2 atom stereocenters. The van der Waals surface area contributed by atoms with Gasteiger partial charge in [-0.15, -0.1) is 0 Å². The van der Waals surface area contributed by atoms with Gasteiger partial charge in [0.1, 0.15) is 0 Å². The molecule has 3 N–H and O–H groups in total. The predicted octanol–water partition coefficient (Wildman–Crippen LogP) is 19.0.